The number of rotatable bonds is 5. The number of anilines is 1. The van der Waals surface area contributed by atoms with Gasteiger partial charge in [0.05, 0.1) is 30.5 Å². The van der Waals surface area contributed by atoms with Crippen LogP contribution in [-0.4, -0.2) is 43.4 Å². The standard InChI is InChI=1S/C20H25N3O3/c1-14-10-16(26-22-14)11-15-12-25-13-18(15)21-20(24)17-6-2-3-7-19(17)23-8-4-5-9-23/h2-3,6-7,10,15,18H,4-5,8-9,11-13H2,1H3,(H,21,24)/t15-,18+/m1/s1. The molecule has 6 heteroatoms. The number of carbonyl (C=O) groups excluding carboxylic acids is 1. The summed E-state index contributed by atoms with van der Waals surface area (Å²) in [7, 11) is 0. The highest BCUT2D eigenvalue weighted by atomic mass is 16.5. The Morgan fingerprint density at radius 1 is 1.27 bits per heavy atom. The zero-order valence-corrected chi connectivity index (χ0v) is 15.1. The number of aryl methyl sites for hydroxylation is 1. The second-order valence-corrected chi connectivity index (χ2v) is 7.23. The third-order valence-electron chi connectivity index (χ3n) is 5.25. The predicted octanol–water partition coefficient (Wildman–Crippen LogP) is 2.57. The second kappa shape index (κ2) is 7.50. The fourth-order valence-electron chi connectivity index (χ4n) is 3.88. The van der Waals surface area contributed by atoms with Crippen LogP contribution in [0.5, 0.6) is 0 Å². The lowest BCUT2D eigenvalue weighted by atomic mass is 9.97. The molecular weight excluding hydrogens is 330 g/mol. The summed E-state index contributed by atoms with van der Waals surface area (Å²) in [4.78, 5) is 15.3. The van der Waals surface area contributed by atoms with E-state index in [0.717, 1.165) is 42.2 Å². The smallest absolute Gasteiger partial charge is 0.253 e. The monoisotopic (exact) mass is 355 g/mol. The molecule has 0 spiro atoms. The summed E-state index contributed by atoms with van der Waals surface area (Å²) in [5.74, 6) is 1.02. The van der Waals surface area contributed by atoms with Gasteiger partial charge in [0, 0.05) is 37.2 Å². The molecule has 2 saturated heterocycles. The van der Waals surface area contributed by atoms with Crippen LogP contribution in [0.2, 0.25) is 0 Å². The van der Waals surface area contributed by atoms with E-state index >= 15 is 0 Å². The van der Waals surface area contributed by atoms with Crippen LogP contribution in [0, 0.1) is 12.8 Å². The van der Waals surface area contributed by atoms with Crippen LogP contribution in [0.4, 0.5) is 5.69 Å². The van der Waals surface area contributed by atoms with Crippen molar-refractivity contribution in [3.8, 4) is 0 Å². The molecule has 2 fully saturated rings. The molecule has 2 aliphatic rings. The zero-order valence-electron chi connectivity index (χ0n) is 15.1. The Hall–Kier alpha value is -2.34. The minimum absolute atomic E-state index is 0.0143. The fraction of sp³-hybridized carbons (Fsp3) is 0.500. The van der Waals surface area contributed by atoms with E-state index in [9.17, 15) is 4.79 Å². The number of benzene rings is 1. The third-order valence-corrected chi connectivity index (χ3v) is 5.25. The highest BCUT2D eigenvalue weighted by molar-refractivity contribution is 6.00. The molecule has 4 rings (SSSR count). The molecule has 2 atom stereocenters. The van der Waals surface area contributed by atoms with E-state index in [-0.39, 0.29) is 17.9 Å². The lowest BCUT2D eigenvalue weighted by molar-refractivity contribution is 0.0925. The van der Waals surface area contributed by atoms with Crippen LogP contribution in [0.3, 0.4) is 0 Å². The maximum absolute atomic E-state index is 13.0. The van der Waals surface area contributed by atoms with Gasteiger partial charge >= 0.3 is 0 Å². The maximum Gasteiger partial charge on any atom is 0.253 e. The summed E-state index contributed by atoms with van der Waals surface area (Å²) in [6.45, 7) is 5.11. The van der Waals surface area contributed by atoms with Crippen molar-refractivity contribution in [2.75, 3.05) is 31.2 Å². The van der Waals surface area contributed by atoms with Gasteiger partial charge < -0.3 is 19.5 Å². The molecule has 2 aromatic rings. The van der Waals surface area contributed by atoms with Crippen molar-refractivity contribution in [2.24, 2.45) is 5.92 Å². The van der Waals surface area contributed by atoms with Crippen molar-refractivity contribution in [3.05, 3.63) is 47.3 Å². The van der Waals surface area contributed by atoms with Gasteiger partial charge in [-0.3, -0.25) is 4.79 Å². The average Bonchev–Trinajstić information content (AvgIpc) is 3.39. The van der Waals surface area contributed by atoms with Gasteiger partial charge in [-0.05, 0) is 31.9 Å². The number of para-hydroxylation sites is 1. The molecule has 1 N–H and O–H groups in total. The Morgan fingerprint density at radius 3 is 2.85 bits per heavy atom. The molecule has 2 aliphatic heterocycles. The first-order chi connectivity index (χ1) is 12.7. The molecule has 0 saturated carbocycles. The van der Waals surface area contributed by atoms with Gasteiger partial charge in [0.1, 0.15) is 5.76 Å². The Balaban J connectivity index is 1.45. The van der Waals surface area contributed by atoms with Crippen molar-refractivity contribution in [1.82, 2.24) is 10.5 Å². The van der Waals surface area contributed by atoms with Gasteiger partial charge in [0.15, 0.2) is 0 Å². The molecule has 0 unspecified atom stereocenters. The zero-order chi connectivity index (χ0) is 17.9. The van der Waals surface area contributed by atoms with Crippen molar-refractivity contribution in [3.63, 3.8) is 0 Å². The number of hydrogen-bond donors (Lipinski definition) is 1. The second-order valence-electron chi connectivity index (χ2n) is 7.23. The van der Waals surface area contributed by atoms with Gasteiger partial charge in [0.25, 0.3) is 5.91 Å². The Kier molecular flexibility index (Phi) is 4.93. The number of hydrogen-bond acceptors (Lipinski definition) is 5. The van der Waals surface area contributed by atoms with E-state index in [1.165, 1.54) is 12.8 Å². The minimum Gasteiger partial charge on any atom is -0.379 e. The first-order valence-electron chi connectivity index (χ1n) is 9.35. The Labute approximate surface area is 153 Å². The first-order valence-corrected chi connectivity index (χ1v) is 9.35. The minimum atomic E-state index is -0.0262. The van der Waals surface area contributed by atoms with Crippen LogP contribution in [-0.2, 0) is 11.2 Å². The summed E-state index contributed by atoms with van der Waals surface area (Å²) in [5, 5.41) is 7.12. The van der Waals surface area contributed by atoms with E-state index in [2.05, 4.69) is 15.4 Å². The normalized spacial score (nSPS) is 22.7. The molecule has 0 radical (unpaired) electrons. The number of aromatic nitrogens is 1. The van der Waals surface area contributed by atoms with E-state index in [0.29, 0.717) is 13.2 Å². The summed E-state index contributed by atoms with van der Waals surface area (Å²) >= 11 is 0. The average molecular weight is 355 g/mol. The molecule has 26 heavy (non-hydrogen) atoms. The van der Waals surface area contributed by atoms with Crippen molar-refractivity contribution >= 4 is 11.6 Å². The molecule has 0 aliphatic carbocycles. The predicted molar refractivity (Wildman–Crippen MR) is 98.4 cm³/mol. The van der Waals surface area contributed by atoms with Gasteiger partial charge in [-0.15, -0.1) is 0 Å². The number of carbonyl (C=O) groups is 1. The van der Waals surface area contributed by atoms with Crippen LogP contribution in [0.15, 0.2) is 34.9 Å². The number of ether oxygens (including phenoxy) is 1. The van der Waals surface area contributed by atoms with Gasteiger partial charge in [-0.25, -0.2) is 0 Å². The number of amides is 1. The topological polar surface area (TPSA) is 67.6 Å². The summed E-state index contributed by atoms with van der Waals surface area (Å²) in [6.07, 6.45) is 3.09. The first kappa shape index (κ1) is 17.1. The van der Waals surface area contributed by atoms with E-state index in [1.54, 1.807) is 0 Å². The third kappa shape index (κ3) is 3.60. The van der Waals surface area contributed by atoms with Crippen molar-refractivity contribution < 1.29 is 14.1 Å². The van der Waals surface area contributed by atoms with E-state index in [1.807, 2.05) is 37.3 Å². The van der Waals surface area contributed by atoms with Crippen LogP contribution in [0.25, 0.3) is 0 Å². The van der Waals surface area contributed by atoms with E-state index < -0.39 is 0 Å². The molecule has 3 heterocycles. The van der Waals surface area contributed by atoms with Gasteiger partial charge in [0.2, 0.25) is 0 Å². The molecule has 0 bridgehead atoms. The van der Waals surface area contributed by atoms with Gasteiger partial charge in [-0.1, -0.05) is 17.3 Å². The molecule has 6 nitrogen and oxygen atoms in total. The maximum atomic E-state index is 13.0. The number of nitrogens with one attached hydrogen (secondary N) is 1. The Morgan fingerprint density at radius 2 is 2.08 bits per heavy atom. The molecule has 1 aromatic heterocycles. The van der Waals surface area contributed by atoms with Gasteiger partial charge in [-0.2, -0.15) is 0 Å². The SMILES string of the molecule is Cc1cc(C[C@@H]2COC[C@@H]2NC(=O)c2ccccc2N2CCCC2)on1. The molecular formula is C20H25N3O3. The molecule has 1 aromatic carbocycles. The lowest BCUT2D eigenvalue weighted by Gasteiger charge is -2.23. The van der Waals surface area contributed by atoms with E-state index in [4.69, 9.17) is 9.26 Å². The summed E-state index contributed by atoms with van der Waals surface area (Å²) < 4.78 is 11.0. The quantitative estimate of drug-likeness (QED) is 0.893. The summed E-state index contributed by atoms with van der Waals surface area (Å²) in [6, 6.07) is 9.81. The Bertz CT molecular complexity index is 767. The summed E-state index contributed by atoms with van der Waals surface area (Å²) in [5.41, 5.74) is 2.65. The van der Waals surface area contributed by atoms with Crippen LogP contribution in [0.1, 0.15) is 34.7 Å². The van der Waals surface area contributed by atoms with Crippen LogP contribution < -0.4 is 10.2 Å². The fourth-order valence-corrected chi connectivity index (χ4v) is 3.88. The van der Waals surface area contributed by atoms with Crippen LogP contribution >= 0.6 is 0 Å². The largest absolute Gasteiger partial charge is 0.379 e. The number of nitrogens with zero attached hydrogens (tertiary/aromatic N) is 2. The molecule has 138 valence electrons. The molecule has 1 amide bonds. The van der Waals surface area contributed by atoms with Crippen molar-refractivity contribution in [1.29, 1.82) is 0 Å². The highest BCUT2D eigenvalue weighted by Gasteiger charge is 2.31. The lowest BCUT2D eigenvalue weighted by Crippen LogP contribution is -2.41. The van der Waals surface area contributed by atoms with Crippen molar-refractivity contribution in [2.45, 2.75) is 32.2 Å². The highest BCUT2D eigenvalue weighted by Crippen LogP contribution is 2.26.